The van der Waals surface area contributed by atoms with Crippen molar-refractivity contribution in [2.45, 2.75) is 64.7 Å². The summed E-state index contributed by atoms with van der Waals surface area (Å²) in [5, 5.41) is 3.21. The van der Waals surface area contributed by atoms with E-state index in [0.29, 0.717) is 17.6 Å². The summed E-state index contributed by atoms with van der Waals surface area (Å²) in [7, 11) is -2.93. The molecule has 1 rings (SSSR count). The number of sulfone groups is 1. The summed E-state index contributed by atoms with van der Waals surface area (Å²) < 4.78 is 24.8. The molecule has 1 aliphatic carbocycles. The van der Waals surface area contributed by atoms with E-state index in [0.717, 1.165) is 32.2 Å². The van der Waals surface area contributed by atoms with E-state index < -0.39 is 9.84 Å². The molecule has 0 spiro atoms. The Hall–Kier alpha value is -0.0900. The van der Waals surface area contributed by atoms with E-state index in [2.05, 4.69) is 26.1 Å². The highest BCUT2D eigenvalue weighted by Gasteiger charge is 2.38. The fourth-order valence-corrected chi connectivity index (χ4v) is 5.24. The van der Waals surface area contributed by atoms with Crippen molar-refractivity contribution in [3.05, 3.63) is 0 Å². The summed E-state index contributed by atoms with van der Waals surface area (Å²) in [4.78, 5) is 0. The van der Waals surface area contributed by atoms with Gasteiger partial charge in [-0.3, -0.25) is 0 Å². The van der Waals surface area contributed by atoms with Crippen LogP contribution in [0.2, 0.25) is 0 Å². The zero-order chi connectivity index (χ0) is 13.8. The molecule has 4 heteroatoms. The van der Waals surface area contributed by atoms with Gasteiger partial charge in [0, 0.05) is 6.04 Å². The van der Waals surface area contributed by atoms with E-state index in [1.54, 1.807) is 0 Å². The van der Waals surface area contributed by atoms with Crippen LogP contribution in [-0.2, 0) is 9.84 Å². The van der Waals surface area contributed by atoms with E-state index in [1.807, 2.05) is 6.92 Å². The van der Waals surface area contributed by atoms with Gasteiger partial charge in [-0.2, -0.15) is 0 Å². The van der Waals surface area contributed by atoms with E-state index in [1.165, 1.54) is 0 Å². The van der Waals surface area contributed by atoms with Gasteiger partial charge < -0.3 is 5.32 Å². The van der Waals surface area contributed by atoms with Crippen LogP contribution < -0.4 is 5.32 Å². The first-order chi connectivity index (χ1) is 8.42. The lowest BCUT2D eigenvalue weighted by Gasteiger charge is -2.37. The van der Waals surface area contributed by atoms with Crippen molar-refractivity contribution in [1.82, 2.24) is 5.32 Å². The summed E-state index contributed by atoms with van der Waals surface area (Å²) >= 11 is 0. The molecule has 0 heterocycles. The maximum atomic E-state index is 12.4. The Morgan fingerprint density at radius 1 is 1.22 bits per heavy atom. The third-order valence-corrected chi connectivity index (χ3v) is 6.61. The molecular weight excluding hydrogens is 246 g/mol. The van der Waals surface area contributed by atoms with Gasteiger partial charge in [-0.05, 0) is 44.1 Å². The van der Waals surface area contributed by atoms with Crippen LogP contribution in [0.3, 0.4) is 0 Å². The van der Waals surface area contributed by atoms with Crippen molar-refractivity contribution >= 4 is 9.84 Å². The number of hydrogen-bond acceptors (Lipinski definition) is 3. The van der Waals surface area contributed by atoms with Gasteiger partial charge in [0.25, 0.3) is 0 Å². The highest BCUT2D eigenvalue weighted by molar-refractivity contribution is 7.92. The molecule has 0 aromatic carbocycles. The Labute approximate surface area is 113 Å². The number of hydrogen-bond donors (Lipinski definition) is 1. The average Bonchev–Trinajstić information content (AvgIpc) is 2.29. The molecule has 0 bridgehead atoms. The van der Waals surface area contributed by atoms with E-state index in [9.17, 15) is 8.42 Å². The molecule has 18 heavy (non-hydrogen) atoms. The zero-order valence-electron chi connectivity index (χ0n) is 12.3. The normalized spacial score (nSPS) is 29.7. The summed E-state index contributed by atoms with van der Waals surface area (Å²) in [6.45, 7) is 9.28. The third-order valence-electron chi connectivity index (χ3n) is 4.19. The van der Waals surface area contributed by atoms with Crippen molar-refractivity contribution in [3.8, 4) is 0 Å². The van der Waals surface area contributed by atoms with Gasteiger partial charge >= 0.3 is 0 Å². The SMILES string of the molecule is CCCS(=O)(=O)C1CC(C(C)C)CCC1NCC. The molecule has 0 aromatic rings. The molecule has 0 amide bonds. The first-order valence-electron chi connectivity index (χ1n) is 7.37. The minimum Gasteiger partial charge on any atom is -0.313 e. The lowest BCUT2D eigenvalue weighted by Crippen LogP contribution is -2.49. The summed E-state index contributed by atoms with van der Waals surface area (Å²) in [5.74, 6) is 1.49. The molecule has 3 unspecified atom stereocenters. The van der Waals surface area contributed by atoms with Crippen LogP contribution in [0.25, 0.3) is 0 Å². The van der Waals surface area contributed by atoms with Gasteiger partial charge in [0.15, 0.2) is 9.84 Å². The average molecular weight is 275 g/mol. The fraction of sp³-hybridized carbons (Fsp3) is 1.00. The molecule has 0 aromatic heterocycles. The predicted molar refractivity (Wildman–Crippen MR) is 77.5 cm³/mol. The Balaban J connectivity index is 2.84. The maximum Gasteiger partial charge on any atom is 0.154 e. The molecule has 1 aliphatic rings. The summed E-state index contributed by atoms with van der Waals surface area (Å²) in [5.41, 5.74) is 0. The van der Waals surface area contributed by atoms with Crippen molar-refractivity contribution in [3.63, 3.8) is 0 Å². The van der Waals surface area contributed by atoms with Crippen LogP contribution in [0.4, 0.5) is 0 Å². The highest BCUT2D eigenvalue weighted by Crippen LogP contribution is 2.34. The molecule has 1 fully saturated rings. The first kappa shape index (κ1) is 16.0. The molecule has 1 saturated carbocycles. The second-order valence-corrected chi connectivity index (χ2v) is 8.23. The molecule has 3 nitrogen and oxygen atoms in total. The van der Waals surface area contributed by atoms with E-state index in [-0.39, 0.29) is 11.3 Å². The van der Waals surface area contributed by atoms with Crippen LogP contribution in [0.5, 0.6) is 0 Å². The van der Waals surface area contributed by atoms with Crippen molar-refractivity contribution in [2.24, 2.45) is 11.8 Å². The van der Waals surface area contributed by atoms with Gasteiger partial charge in [0.05, 0.1) is 11.0 Å². The van der Waals surface area contributed by atoms with Gasteiger partial charge in [0.2, 0.25) is 0 Å². The van der Waals surface area contributed by atoms with Crippen molar-refractivity contribution < 1.29 is 8.42 Å². The van der Waals surface area contributed by atoms with Gasteiger partial charge in [-0.15, -0.1) is 0 Å². The fourth-order valence-electron chi connectivity index (χ4n) is 3.09. The number of nitrogens with one attached hydrogen (secondary N) is 1. The topological polar surface area (TPSA) is 46.2 Å². The van der Waals surface area contributed by atoms with Crippen LogP contribution >= 0.6 is 0 Å². The summed E-state index contributed by atoms with van der Waals surface area (Å²) in [6, 6.07) is 0.168. The third kappa shape index (κ3) is 3.95. The predicted octanol–water partition coefficient (Wildman–Crippen LogP) is 2.61. The molecular formula is C14H29NO2S. The van der Waals surface area contributed by atoms with Gasteiger partial charge in [0.1, 0.15) is 0 Å². The lowest BCUT2D eigenvalue weighted by molar-refractivity contribution is 0.242. The van der Waals surface area contributed by atoms with Gasteiger partial charge in [-0.1, -0.05) is 27.7 Å². The van der Waals surface area contributed by atoms with Crippen molar-refractivity contribution in [2.75, 3.05) is 12.3 Å². The standard InChI is InChI=1S/C14H29NO2S/c1-5-9-18(16,17)14-10-12(11(3)4)7-8-13(14)15-6-2/h11-15H,5-10H2,1-4H3. The highest BCUT2D eigenvalue weighted by atomic mass is 32.2. The van der Waals surface area contributed by atoms with Crippen LogP contribution in [0.15, 0.2) is 0 Å². The Bertz CT molecular complexity index is 338. The summed E-state index contributed by atoms with van der Waals surface area (Å²) in [6.07, 6.45) is 3.74. The minimum atomic E-state index is -2.93. The first-order valence-corrected chi connectivity index (χ1v) is 9.08. The molecule has 1 N–H and O–H groups in total. The second-order valence-electron chi connectivity index (χ2n) is 5.89. The van der Waals surface area contributed by atoms with Gasteiger partial charge in [-0.25, -0.2) is 8.42 Å². The monoisotopic (exact) mass is 275 g/mol. The Morgan fingerprint density at radius 2 is 1.89 bits per heavy atom. The molecule has 0 aliphatic heterocycles. The molecule has 0 radical (unpaired) electrons. The Morgan fingerprint density at radius 3 is 2.39 bits per heavy atom. The zero-order valence-corrected chi connectivity index (χ0v) is 13.1. The van der Waals surface area contributed by atoms with Crippen molar-refractivity contribution in [1.29, 1.82) is 0 Å². The van der Waals surface area contributed by atoms with Crippen LogP contribution in [0, 0.1) is 11.8 Å². The minimum absolute atomic E-state index is 0.168. The largest absolute Gasteiger partial charge is 0.313 e. The maximum absolute atomic E-state index is 12.4. The molecule has 108 valence electrons. The van der Waals surface area contributed by atoms with E-state index >= 15 is 0 Å². The molecule has 0 saturated heterocycles. The van der Waals surface area contributed by atoms with Crippen LogP contribution in [-0.4, -0.2) is 32.0 Å². The second kappa shape index (κ2) is 6.90. The molecule has 3 atom stereocenters. The smallest absolute Gasteiger partial charge is 0.154 e. The Kier molecular flexibility index (Phi) is 6.12. The lowest BCUT2D eigenvalue weighted by atomic mass is 9.79. The van der Waals surface area contributed by atoms with E-state index in [4.69, 9.17) is 0 Å². The quantitative estimate of drug-likeness (QED) is 0.810. The van der Waals surface area contributed by atoms with Crippen LogP contribution in [0.1, 0.15) is 53.4 Å². The number of rotatable bonds is 6.